The molecule has 2 aliphatic rings. The van der Waals surface area contributed by atoms with Crippen LogP contribution >= 0.6 is 0 Å². The Labute approximate surface area is 125 Å². The number of likely N-dealkylation sites (tertiary alicyclic amines) is 1. The summed E-state index contributed by atoms with van der Waals surface area (Å²) >= 11 is 0. The molecule has 0 spiro atoms. The number of nitrogens with two attached hydrogens (primary N) is 1. The number of amides is 1. The molecule has 3 rings (SSSR count). The third-order valence-corrected chi connectivity index (χ3v) is 4.62. The number of benzene rings is 1. The molecule has 1 amide bonds. The molecule has 0 aromatic heterocycles. The highest BCUT2D eigenvalue weighted by Gasteiger charge is 2.42. The number of hydrogen-bond acceptors (Lipinski definition) is 3. The van der Waals surface area contributed by atoms with Crippen LogP contribution in [0.2, 0.25) is 0 Å². The Morgan fingerprint density at radius 1 is 1.33 bits per heavy atom. The molecule has 0 bridgehead atoms. The molecule has 2 N–H and O–H groups in total. The summed E-state index contributed by atoms with van der Waals surface area (Å²) in [5.41, 5.74) is 6.81. The van der Waals surface area contributed by atoms with Crippen molar-refractivity contribution in [3.05, 3.63) is 29.8 Å². The molecule has 110 valence electrons. The number of carbonyl (C=O) groups excluding carboxylic acids is 1. The van der Waals surface area contributed by atoms with E-state index in [1.807, 2.05) is 4.90 Å². The smallest absolute Gasteiger partial charge is 0.253 e. The zero-order chi connectivity index (χ0) is 14.8. The zero-order valence-electron chi connectivity index (χ0n) is 12.0. The quantitative estimate of drug-likeness (QED) is 0.856. The van der Waals surface area contributed by atoms with Gasteiger partial charge in [-0.15, -0.1) is 6.42 Å². The lowest BCUT2D eigenvalue weighted by molar-refractivity contribution is 0.0779. The maximum atomic E-state index is 12.5. The van der Waals surface area contributed by atoms with Gasteiger partial charge in [0.25, 0.3) is 5.91 Å². The first-order chi connectivity index (χ1) is 10.2. The Kier molecular flexibility index (Phi) is 3.85. The van der Waals surface area contributed by atoms with E-state index in [9.17, 15) is 4.79 Å². The summed E-state index contributed by atoms with van der Waals surface area (Å²) in [7, 11) is 0. The Morgan fingerprint density at radius 3 is 2.76 bits per heavy atom. The highest BCUT2D eigenvalue weighted by atomic mass is 16.5. The first-order valence-corrected chi connectivity index (χ1v) is 7.40. The molecule has 1 heterocycles. The first kappa shape index (κ1) is 14.0. The summed E-state index contributed by atoms with van der Waals surface area (Å²) in [5, 5.41) is 0. The molecule has 1 aliphatic carbocycles. The second-order valence-corrected chi connectivity index (χ2v) is 5.89. The van der Waals surface area contributed by atoms with Gasteiger partial charge in [0.1, 0.15) is 12.4 Å². The van der Waals surface area contributed by atoms with Crippen molar-refractivity contribution in [2.45, 2.75) is 18.9 Å². The summed E-state index contributed by atoms with van der Waals surface area (Å²) < 4.78 is 5.31. The Balaban J connectivity index is 1.65. The van der Waals surface area contributed by atoms with Gasteiger partial charge in [0.2, 0.25) is 0 Å². The van der Waals surface area contributed by atoms with E-state index in [1.54, 1.807) is 24.3 Å². The number of carbonyl (C=O) groups is 1. The molecular weight excluding hydrogens is 264 g/mol. The second kappa shape index (κ2) is 5.79. The van der Waals surface area contributed by atoms with E-state index >= 15 is 0 Å². The molecule has 1 saturated carbocycles. The Morgan fingerprint density at radius 2 is 2.10 bits per heavy atom. The lowest BCUT2D eigenvalue weighted by Gasteiger charge is -2.19. The van der Waals surface area contributed by atoms with Crippen LogP contribution in [-0.4, -0.2) is 36.5 Å². The summed E-state index contributed by atoms with van der Waals surface area (Å²) in [4.78, 5) is 14.5. The second-order valence-electron chi connectivity index (χ2n) is 5.89. The summed E-state index contributed by atoms with van der Waals surface area (Å²) in [6, 6.07) is 7.41. The molecule has 3 atom stereocenters. The van der Waals surface area contributed by atoms with Gasteiger partial charge in [0, 0.05) is 24.7 Å². The fraction of sp³-hybridized carbons (Fsp3) is 0.471. The molecular formula is C17H20N2O2. The molecule has 0 radical (unpaired) electrons. The standard InChI is InChI=1S/C17H20N2O2/c1-2-9-21-14-6-3-12(4-7-14)17(20)19-10-13-5-8-16(18)15(13)11-19/h1,3-4,6-7,13,15-16H,5,8-11,18H2. The van der Waals surface area contributed by atoms with Gasteiger partial charge in [-0.3, -0.25) is 4.79 Å². The third kappa shape index (κ3) is 2.74. The number of hydrogen-bond donors (Lipinski definition) is 1. The largest absolute Gasteiger partial charge is 0.481 e. The lowest BCUT2D eigenvalue weighted by Crippen LogP contribution is -2.33. The van der Waals surface area contributed by atoms with Crippen molar-refractivity contribution < 1.29 is 9.53 Å². The van der Waals surface area contributed by atoms with E-state index in [-0.39, 0.29) is 18.6 Å². The van der Waals surface area contributed by atoms with Gasteiger partial charge in [0.15, 0.2) is 0 Å². The molecule has 2 fully saturated rings. The van der Waals surface area contributed by atoms with Crippen LogP contribution in [0.15, 0.2) is 24.3 Å². The number of terminal acetylenes is 1. The van der Waals surface area contributed by atoms with Crippen molar-refractivity contribution >= 4 is 5.91 Å². The van der Waals surface area contributed by atoms with Gasteiger partial charge in [-0.25, -0.2) is 0 Å². The SMILES string of the molecule is C#CCOc1ccc(C(=O)N2CC3CCC(N)C3C2)cc1. The molecule has 1 saturated heterocycles. The number of nitrogens with zero attached hydrogens (tertiary/aromatic N) is 1. The van der Waals surface area contributed by atoms with Crippen LogP contribution in [0.3, 0.4) is 0 Å². The highest BCUT2D eigenvalue weighted by Crippen LogP contribution is 2.37. The topological polar surface area (TPSA) is 55.6 Å². The summed E-state index contributed by atoms with van der Waals surface area (Å²) in [6.07, 6.45) is 7.39. The predicted octanol–water partition coefficient (Wildman–Crippen LogP) is 1.51. The lowest BCUT2D eigenvalue weighted by atomic mass is 9.98. The Bertz CT molecular complexity index is 561. The van der Waals surface area contributed by atoms with E-state index in [0.717, 1.165) is 25.9 Å². The monoisotopic (exact) mass is 284 g/mol. The van der Waals surface area contributed by atoms with E-state index in [1.165, 1.54) is 0 Å². The van der Waals surface area contributed by atoms with Gasteiger partial charge < -0.3 is 15.4 Å². The van der Waals surface area contributed by atoms with Crippen molar-refractivity contribution in [3.8, 4) is 18.1 Å². The van der Waals surface area contributed by atoms with Crippen molar-refractivity contribution in [3.63, 3.8) is 0 Å². The average Bonchev–Trinajstić information content (AvgIpc) is 3.07. The van der Waals surface area contributed by atoms with E-state index in [4.69, 9.17) is 16.9 Å². The van der Waals surface area contributed by atoms with Crippen LogP contribution in [0, 0.1) is 24.2 Å². The predicted molar refractivity (Wildman–Crippen MR) is 80.9 cm³/mol. The zero-order valence-corrected chi connectivity index (χ0v) is 12.0. The molecule has 1 aliphatic heterocycles. The van der Waals surface area contributed by atoms with Crippen LogP contribution in [0.4, 0.5) is 0 Å². The highest BCUT2D eigenvalue weighted by molar-refractivity contribution is 5.94. The van der Waals surface area contributed by atoms with E-state index < -0.39 is 0 Å². The fourth-order valence-electron chi connectivity index (χ4n) is 3.47. The minimum Gasteiger partial charge on any atom is -0.481 e. The Hall–Kier alpha value is -1.99. The van der Waals surface area contributed by atoms with Crippen molar-refractivity contribution in [2.24, 2.45) is 17.6 Å². The molecule has 3 unspecified atom stereocenters. The molecule has 4 nitrogen and oxygen atoms in total. The van der Waals surface area contributed by atoms with Crippen LogP contribution in [0.25, 0.3) is 0 Å². The maximum absolute atomic E-state index is 12.5. The van der Waals surface area contributed by atoms with E-state index in [0.29, 0.717) is 23.1 Å². The summed E-state index contributed by atoms with van der Waals surface area (Å²) in [5.74, 6) is 4.25. The molecule has 21 heavy (non-hydrogen) atoms. The fourth-order valence-corrected chi connectivity index (χ4v) is 3.47. The third-order valence-electron chi connectivity index (χ3n) is 4.62. The maximum Gasteiger partial charge on any atom is 0.253 e. The molecule has 1 aromatic carbocycles. The van der Waals surface area contributed by atoms with Crippen LogP contribution in [-0.2, 0) is 0 Å². The van der Waals surface area contributed by atoms with Crippen molar-refractivity contribution in [1.29, 1.82) is 0 Å². The summed E-state index contributed by atoms with van der Waals surface area (Å²) in [6.45, 7) is 1.87. The minimum atomic E-state index is 0.0834. The van der Waals surface area contributed by atoms with Gasteiger partial charge in [-0.1, -0.05) is 5.92 Å². The molecule has 1 aromatic rings. The average molecular weight is 284 g/mol. The van der Waals surface area contributed by atoms with E-state index in [2.05, 4.69) is 5.92 Å². The van der Waals surface area contributed by atoms with Crippen LogP contribution in [0.5, 0.6) is 5.75 Å². The normalized spacial score (nSPS) is 27.2. The van der Waals surface area contributed by atoms with Gasteiger partial charge in [0.05, 0.1) is 0 Å². The van der Waals surface area contributed by atoms with Crippen molar-refractivity contribution in [2.75, 3.05) is 19.7 Å². The minimum absolute atomic E-state index is 0.0834. The number of rotatable bonds is 3. The van der Waals surface area contributed by atoms with Gasteiger partial charge in [-0.2, -0.15) is 0 Å². The van der Waals surface area contributed by atoms with Crippen molar-refractivity contribution in [1.82, 2.24) is 4.90 Å². The van der Waals surface area contributed by atoms with Crippen LogP contribution < -0.4 is 10.5 Å². The number of ether oxygens (including phenoxy) is 1. The number of fused-ring (bicyclic) bond motifs is 1. The van der Waals surface area contributed by atoms with Crippen LogP contribution in [0.1, 0.15) is 23.2 Å². The molecule has 4 heteroatoms. The van der Waals surface area contributed by atoms with Gasteiger partial charge >= 0.3 is 0 Å². The first-order valence-electron chi connectivity index (χ1n) is 7.40. The van der Waals surface area contributed by atoms with Gasteiger partial charge in [-0.05, 0) is 48.9 Å².